The summed E-state index contributed by atoms with van der Waals surface area (Å²) < 4.78 is 1.75. The molecule has 6 nitrogen and oxygen atoms in total. The Morgan fingerprint density at radius 2 is 1.83 bits per heavy atom. The average molecular weight is 411 g/mol. The smallest absolute Gasteiger partial charge is 0.330 e. The van der Waals surface area contributed by atoms with Crippen LogP contribution >= 0.6 is 0 Å². The van der Waals surface area contributed by atoms with Crippen molar-refractivity contribution in [2.45, 2.75) is 65.0 Å². The lowest BCUT2D eigenvalue weighted by Crippen LogP contribution is -2.39. The van der Waals surface area contributed by atoms with Crippen molar-refractivity contribution in [3.8, 4) is 0 Å². The molecule has 30 heavy (non-hydrogen) atoms. The number of carboxylic acid groups (broad SMARTS) is 1. The number of rotatable bonds is 7. The standard InChI is InChI=1S/C24H30N2O4/c1-3-20-16(2)14-19(23(28)26(20)15-17-10-6-4-7-11-17)22(27)25-21(24(29)30)18-12-8-5-9-13-18/h5,8-9,12-14,17,21H,3-4,6-7,10-11,15H2,1-2H3,(H,25,27)(H,29,30)/t21-/m0/s1. The molecule has 2 N–H and O–H groups in total. The molecule has 1 amide bonds. The van der Waals surface area contributed by atoms with Crippen molar-refractivity contribution >= 4 is 11.9 Å². The molecular weight excluding hydrogens is 380 g/mol. The van der Waals surface area contributed by atoms with Gasteiger partial charge in [0.25, 0.3) is 11.5 Å². The Kier molecular flexibility index (Phi) is 7.08. The van der Waals surface area contributed by atoms with E-state index >= 15 is 0 Å². The molecule has 1 aromatic heterocycles. The Hall–Kier alpha value is -2.89. The van der Waals surface area contributed by atoms with E-state index in [0.717, 1.165) is 24.1 Å². The van der Waals surface area contributed by atoms with Gasteiger partial charge in [0.15, 0.2) is 6.04 Å². The molecule has 1 aliphatic carbocycles. The zero-order chi connectivity index (χ0) is 21.7. The summed E-state index contributed by atoms with van der Waals surface area (Å²) in [5.74, 6) is -1.38. The fourth-order valence-electron chi connectivity index (χ4n) is 4.44. The Balaban J connectivity index is 1.93. The second-order valence-corrected chi connectivity index (χ2v) is 8.12. The van der Waals surface area contributed by atoms with Crippen molar-refractivity contribution in [2.24, 2.45) is 5.92 Å². The summed E-state index contributed by atoms with van der Waals surface area (Å²) in [6.45, 7) is 4.53. The Morgan fingerprint density at radius 1 is 1.17 bits per heavy atom. The molecule has 0 bridgehead atoms. The minimum absolute atomic E-state index is 0.00249. The molecule has 6 heteroatoms. The van der Waals surface area contributed by atoms with E-state index < -0.39 is 17.9 Å². The van der Waals surface area contributed by atoms with E-state index in [1.165, 1.54) is 19.3 Å². The van der Waals surface area contributed by atoms with Crippen molar-refractivity contribution in [2.75, 3.05) is 0 Å². The van der Waals surface area contributed by atoms with Crippen LogP contribution in [0.25, 0.3) is 0 Å². The van der Waals surface area contributed by atoms with E-state index in [-0.39, 0.29) is 11.1 Å². The van der Waals surface area contributed by atoms with Gasteiger partial charge in [0, 0.05) is 12.2 Å². The van der Waals surface area contributed by atoms with Crippen LogP contribution in [-0.4, -0.2) is 21.6 Å². The Labute approximate surface area is 176 Å². The predicted octanol–water partition coefficient (Wildman–Crippen LogP) is 3.86. The second-order valence-electron chi connectivity index (χ2n) is 8.12. The summed E-state index contributed by atoms with van der Waals surface area (Å²) in [5, 5.41) is 12.1. The lowest BCUT2D eigenvalue weighted by molar-refractivity contribution is -0.139. The molecule has 1 atom stereocenters. The topological polar surface area (TPSA) is 88.4 Å². The van der Waals surface area contributed by atoms with Crippen LogP contribution < -0.4 is 10.9 Å². The first-order chi connectivity index (χ1) is 14.4. The summed E-state index contributed by atoms with van der Waals surface area (Å²) in [6.07, 6.45) is 6.50. The lowest BCUT2D eigenvalue weighted by Gasteiger charge is -2.25. The largest absolute Gasteiger partial charge is 0.479 e. The monoisotopic (exact) mass is 410 g/mol. The third kappa shape index (κ3) is 4.81. The Morgan fingerprint density at radius 3 is 2.43 bits per heavy atom. The second kappa shape index (κ2) is 9.74. The van der Waals surface area contributed by atoms with Gasteiger partial charge in [-0.3, -0.25) is 9.59 Å². The molecule has 1 heterocycles. The molecule has 1 fully saturated rings. The summed E-state index contributed by atoms with van der Waals surface area (Å²) >= 11 is 0. The van der Waals surface area contributed by atoms with E-state index in [1.54, 1.807) is 41.0 Å². The van der Waals surface area contributed by atoms with Crippen molar-refractivity contribution in [1.82, 2.24) is 9.88 Å². The van der Waals surface area contributed by atoms with Gasteiger partial charge in [-0.2, -0.15) is 0 Å². The number of pyridine rings is 1. The fourth-order valence-corrected chi connectivity index (χ4v) is 4.44. The molecule has 3 rings (SSSR count). The van der Waals surface area contributed by atoms with Crippen LogP contribution in [0, 0.1) is 12.8 Å². The number of aromatic nitrogens is 1. The number of aliphatic carboxylic acids is 1. The number of carboxylic acids is 1. The zero-order valence-electron chi connectivity index (χ0n) is 17.7. The van der Waals surface area contributed by atoms with Crippen LogP contribution in [0.5, 0.6) is 0 Å². The highest BCUT2D eigenvalue weighted by atomic mass is 16.4. The number of nitrogens with one attached hydrogen (secondary N) is 1. The van der Waals surface area contributed by atoms with Gasteiger partial charge < -0.3 is 15.0 Å². The first-order valence-electron chi connectivity index (χ1n) is 10.7. The van der Waals surface area contributed by atoms with Crippen LogP contribution in [0.3, 0.4) is 0 Å². The Bertz CT molecular complexity index is 959. The van der Waals surface area contributed by atoms with Crippen LogP contribution in [0.15, 0.2) is 41.2 Å². The van der Waals surface area contributed by atoms with E-state index in [1.807, 2.05) is 13.8 Å². The number of aryl methyl sites for hydroxylation is 1. The molecule has 0 radical (unpaired) electrons. The summed E-state index contributed by atoms with van der Waals surface area (Å²) in [5.41, 5.74) is 1.95. The normalized spacial score (nSPS) is 15.5. The lowest BCUT2D eigenvalue weighted by atomic mass is 9.89. The van der Waals surface area contributed by atoms with Gasteiger partial charge in [-0.05, 0) is 49.3 Å². The van der Waals surface area contributed by atoms with Crippen molar-refractivity contribution in [3.63, 3.8) is 0 Å². The summed E-state index contributed by atoms with van der Waals surface area (Å²) in [4.78, 5) is 38.0. The highest BCUT2D eigenvalue weighted by molar-refractivity contribution is 5.96. The first-order valence-corrected chi connectivity index (χ1v) is 10.7. The molecule has 0 spiro atoms. The van der Waals surface area contributed by atoms with Crippen LogP contribution in [0.4, 0.5) is 0 Å². The minimum Gasteiger partial charge on any atom is -0.479 e. The van der Waals surface area contributed by atoms with Crippen molar-refractivity contribution in [1.29, 1.82) is 0 Å². The van der Waals surface area contributed by atoms with Crippen LogP contribution in [0.2, 0.25) is 0 Å². The number of nitrogens with zero attached hydrogens (tertiary/aromatic N) is 1. The maximum Gasteiger partial charge on any atom is 0.330 e. The third-order valence-electron chi connectivity index (χ3n) is 6.02. The maximum absolute atomic E-state index is 13.3. The maximum atomic E-state index is 13.3. The number of carbonyl (C=O) groups is 2. The number of hydrogen-bond acceptors (Lipinski definition) is 3. The average Bonchev–Trinajstić information content (AvgIpc) is 2.75. The van der Waals surface area contributed by atoms with Crippen molar-refractivity contribution in [3.05, 3.63) is 69.1 Å². The van der Waals surface area contributed by atoms with Gasteiger partial charge in [-0.25, -0.2) is 4.79 Å². The molecular formula is C24H30N2O4. The fraction of sp³-hybridized carbons (Fsp3) is 0.458. The first kappa shape index (κ1) is 21.8. The molecule has 1 aromatic carbocycles. The minimum atomic E-state index is -1.21. The number of benzene rings is 1. The van der Waals surface area contributed by atoms with Gasteiger partial charge in [-0.1, -0.05) is 56.5 Å². The van der Waals surface area contributed by atoms with Gasteiger partial charge in [0.1, 0.15) is 5.56 Å². The van der Waals surface area contributed by atoms with Crippen LogP contribution in [0.1, 0.15) is 72.2 Å². The predicted molar refractivity (Wildman–Crippen MR) is 116 cm³/mol. The number of carbonyl (C=O) groups excluding carboxylic acids is 1. The summed E-state index contributed by atoms with van der Waals surface area (Å²) in [7, 11) is 0. The molecule has 1 saturated carbocycles. The van der Waals surface area contributed by atoms with Gasteiger partial charge >= 0.3 is 5.97 Å². The number of amides is 1. The summed E-state index contributed by atoms with van der Waals surface area (Å²) in [6, 6.07) is 8.89. The molecule has 0 saturated heterocycles. The van der Waals surface area contributed by atoms with Gasteiger partial charge in [-0.15, -0.1) is 0 Å². The van der Waals surface area contributed by atoms with E-state index in [0.29, 0.717) is 24.4 Å². The highest BCUT2D eigenvalue weighted by Gasteiger charge is 2.26. The van der Waals surface area contributed by atoms with Gasteiger partial charge in [0.2, 0.25) is 0 Å². The molecule has 160 valence electrons. The van der Waals surface area contributed by atoms with E-state index in [4.69, 9.17) is 0 Å². The van der Waals surface area contributed by atoms with E-state index in [9.17, 15) is 19.5 Å². The van der Waals surface area contributed by atoms with Gasteiger partial charge in [0.05, 0.1) is 0 Å². The molecule has 0 aliphatic heterocycles. The van der Waals surface area contributed by atoms with Crippen LogP contribution in [-0.2, 0) is 17.8 Å². The molecule has 2 aromatic rings. The SMILES string of the molecule is CCc1c(C)cc(C(=O)N[C@H](C(=O)O)c2ccccc2)c(=O)n1CC1CCCCC1. The quantitative estimate of drug-likeness (QED) is 0.726. The molecule has 1 aliphatic rings. The highest BCUT2D eigenvalue weighted by Crippen LogP contribution is 2.25. The third-order valence-corrected chi connectivity index (χ3v) is 6.02. The van der Waals surface area contributed by atoms with E-state index in [2.05, 4.69) is 5.32 Å². The zero-order valence-corrected chi connectivity index (χ0v) is 17.7. The number of hydrogen-bond donors (Lipinski definition) is 2. The molecule has 0 unspecified atom stereocenters. The van der Waals surface area contributed by atoms with Crippen molar-refractivity contribution < 1.29 is 14.7 Å².